The number of ether oxygens (including phenoxy) is 1. The van der Waals surface area contributed by atoms with E-state index in [1.54, 1.807) is 0 Å². The molecule has 2 nitrogen and oxygen atoms in total. The predicted octanol–water partition coefficient (Wildman–Crippen LogP) is 1.47. The Morgan fingerprint density at radius 3 is 2.58 bits per heavy atom. The van der Waals surface area contributed by atoms with E-state index in [0.717, 1.165) is 6.07 Å². The smallest absolute Gasteiger partial charge is 0.173 e. The van der Waals surface area contributed by atoms with Gasteiger partial charge in [0.25, 0.3) is 0 Å². The minimum atomic E-state index is -0.847. The largest absolute Gasteiger partial charge is 0.494 e. The van der Waals surface area contributed by atoms with Crippen LogP contribution >= 0.6 is 0 Å². The first kappa shape index (κ1) is 8.93. The van der Waals surface area contributed by atoms with Crippen LogP contribution in [0.2, 0.25) is 0 Å². The lowest BCUT2D eigenvalue weighted by atomic mass is 10.2. The number of methoxy groups -OCH3 is 1. The van der Waals surface area contributed by atoms with Gasteiger partial charge in [-0.3, -0.25) is 0 Å². The predicted molar refractivity (Wildman–Crippen MR) is 38.8 cm³/mol. The van der Waals surface area contributed by atoms with Gasteiger partial charge in [-0.15, -0.1) is 0 Å². The van der Waals surface area contributed by atoms with Crippen molar-refractivity contribution in [2.24, 2.45) is 0 Å². The number of hydrogen-bond acceptors (Lipinski definition) is 2. The molecule has 0 bridgehead atoms. The second-order valence-corrected chi connectivity index (χ2v) is 2.20. The molecule has 12 heavy (non-hydrogen) atoms. The van der Waals surface area contributed by atoms with Crippen LogP contribution in [0.25, 0.3) is 0 Å². The molecule has 1 N–H and O–H groups in total. The average molecular weight is 174 g/mol. The lowest BCUT2D eigenvalue weighted by molar-refractivity contribution is 0.265. The molecule has 0 unspecified atom stereocenters. The number of halogens is 2. The Morgan fingerprint density at radius 1 is 1.42 bits per heavy atom. The molecule has 0 saturated heterocycles. The highest BCUT2D eigenvalue weighted by molar-refractivity contribution is 5.31. The van der Waals surface area contributed by atoms with Crippen LogP contribution in [-0.2, 0) is 6.61 Å². The van der Waals surface area contributed by atoms with E-state index in [0.29, 0.717) is 0 Å². The van der Waals surface area contributed by atoms with Gasteiger partial charge in [0.1, 0.15) is 5.82 Å². The van der Waals surface area contributed by atoms with Gasteiger partial charge in [-0.05, 0) is 12.1 Å². The molecule has 1 aromatic rings. The van der Waals surface area contributed by atoms with E-state index in [2.05, 4.69) is 4.74 Å². The zero-order valence-corrected chi connectivity index (χ0v) is 6.47. The van der Waals surface area contributed by atoms with Crippen molar-refractivity contribution in [3.63, 3.8) is 0 Å². The lowest BCUT2D eigenvalue weighted by Gasteiger charge is -2.05. The quantitative estimate of drug-likeness (QED) is 0.735. The summed E-state index contributed by atoms with van der Waals surface area (Å²) < 4.78 is 30.3. The fourth-order valence-electron chi connectivity index (χ4n) is 0.879. The van der Waals surface area contributed by atoms with Crippen molar-refractivity contribution in [2.75, 3.05) is 7.11 Å². The average Bonchev–Trinajstić information content (AvgIpc) is 2.06. The van der Waals surface area contributed by atoms with E-state index >= 15 is 0 Å². The first-order valence-corrected chi connectivity index (χ1v) is 3.32. The van der Waals surface area contributed by atoms with E-state index < -0.39 is 18.2 Å². The van der Waals surface area contributed by atoms with E-state index in [4.69, 9.17) is 5.11 Å². The first-order valence-electron chi connectivity index (χ1n) is 3.32. The Morgan fingerprint density at radius 2 is 2.08 bits per heavy atom. The zero-order valence-electron chi connectivity index (χ0n) is 6.47. The summed E-state index contributed by atoms with van der Waals surface area (Å²) in [6.45, 7) is -0.672. The van der Waals surface area contributed by atoms with Crippen LogP contribution in [0, 0.1) is 11.6 Å². The number of aliphatic hydroxyl groups excluding tert-OH is 1. The van der Waals surface area contributed by atoms with Gasteiger partial charge in [0.05, 0.1) is 19.3 Å². The molecular weight excluding hydrogens is 166 g/mol. The summed E-state index contributed by atoms with van der Waals surface area (Å²) in [6, 6.07) is 2.22. The van der Waals surface area contributed by atoms with Crippen LogP contribution in [0.5, 0.6) is 5.75 Å². The summed E-state index contributed by atoms with van der Waals surface area (Å²) in [5.41, 5.74) is -0.366. The van der Waals surface area contributed by atoms with Crippen molar-refractivity contribution < 1.29 is 18.6 Å². The Kier molecular flexibility index (Phi) is 2.60. The van der Waals surface area contributed by atoms with Crippen molar-refractivity contribution in [1.82, 2.24) is 0 Å². The molecule has 1 aromatic carbocycles. The SMILES string of the molecule is COc1ccc(F)c(CO)c1F. The van der Waals surface area contributed by atoms with Gasteiger partial charge >= 0.3 is 0 Å². The van der Waals surface area contributed by atoms with Crippen LogP contribution < -0.4 is 4.74 Å². The molecule has 0 saturated carbocycles. The van der Waals surface area contributed by atoms with Gasteiger partial charge in [-0.25, -0.2) is 8.78 Å². The summed E-state index contributed by atoms with van der Waals surface area (Å²) in [4.78, 5) is 0. The second kappa shape index (κ2) is 3.49. The summed E-state index contributed by atoms with van der Waals surface area (Å²) in [7, 11) is 1.28. The molecule has 0 aliphatic heterocycles. The maximum Gasteiger partial charge on any atom is 0.173 e. The zero-order chi connectivity index (χ0) is 9.14. The molecular formula is C8H8F2O2. The topological polar surface area (TPSA) is 29.5 Å². The molecule has 1 rings (SSSR count). The van der Waals surface area contributed by atoms with Gasteiger partial charge < -0.3 is 9.84 Å². The first-order chi connectivity index (χ1) is 5.70. The normalized spacial score (nSPS) is 10.0. The van der Waals surface area contributed by atoms with Gasteiger partial charge in [-0.2, -0.15) is 0 Å². The molecule has 0 heterocycles. The van der Waals surface area contributed by atoms with Gasteiger partial charge in [-0.1, -0.05) is 0 Å². The maximum atomic E-state index is 13.0. The van der Waals surface area contributed by atoms with Crippen LogP contribution in [0.15, 0.2) is 12.1 Å². The highest BCUT2D eigenvalue weighted by atomic mass is 19.1. The second-order valence-electron chi connectivity index (χ2n) is 2.20. The number of hydrogen-bond donors (Lipinski definition) is 1. The molecule has 0 aliphatic rings. The molecule has 0 radical (unpaired) electrons. The summed E-state index contributed by atoms with van der Waals surface area (Å²) >= 11 is 0. The number of aliphatic hydroxyl groups is 1. The van der Waals surface area contributed by atoms with Crippen LogP contribution in [-0.4, -0.2) is 12.2 Å². The maximum absolute atomic E-state index is 13.0. The third-order valence-electron chi connectivity index (χ3n) is 1.53. The van der Waals surface area contributed by atoms with Crippen molar-refractivity contribution in [1.29, 1.82) is 0 Å². The molecule has 0 spiro atoms. The fraction of sp³-hybridized carbons (Fsp3) is 0.250. The molecule has 0 aromatic heterocycles. The van der Waals surface area contributed by atoms with Crippen LogP contribution in [0.4, 0.5) is 8.78 Å². The minimum Gasteiger partial charge on any atom is -0.494 e. The lowest BCUT2D eigenvalue weighted by Crippen LogP contribution is -1.98. The molecule has 4 heteroatoms. The van der Waals surface area contributed by atoms with Gasteiger partial charge in [0.15, 0.2) is 11.6 Å². The van der Waals surface area contributed by atoms with Crippen molar-refractivity contribution in [2.45, 2.75) is 6.61 Å². The monoisotopic (exact) mass is 174 g/mol. The third-order valence-corrected chi connectivity index (χ3v) is 1.53. The van der Waals surface area contributed by atoms with E-state index in [1.165, 1.54) is 13.2 Å². The van der Waals surface area contributed by atoms with Crippen LogP contribution in [0.3, 0.4) is 0 Å². The van der Waals surface area contributed by atoms with Crippen molar-refractivity contribution in [3.05, 3.63) is 29.3 Å². The Balaban J connectivity index is 3.24. The third kappa shape index (κ3) is 1.38. The molecule has 0 aliphatic carbocycles. The van der Waals surface area contributed by atoms with Crippen LogP contribution in [0.1, 0.15) is 5.56 Å². The van der Waals surface area contributed by atoms with Gasteiger partial charge in [0.2, 0.25) is 0 Å². The summed E-state index contributed by atoms with van der Waals surface area (Å²) in [5.74, 6) is -1.68. The Hall–Kier alpha value is -1.16. The highest BCUT2D eigenvalue weighted by Gasteiger charge is 2.12. The fourth-order valence-corrected chi connectivity index (χ4v) is 0.879. The summed E-state index contributed by atoms with van der Waals surface area (Å²) in [6.07, 6.45) is 0. The van der Waals surface area contributed by atoms with E-state index in [9.17, 15) is 8.78 Å². The van der Waals surface area contributed by atoms with Crippen molar-refractivity contribution in [3.8, 4) is 5.75 Å². The number of rotatable bonds is 2. The minimum absolute atomic E-state index is 0.0690. The molecule has 0 fully saturated rings. The van der Waals surface area contributed by atoms with E-state index in [-0.39, 0.29) is 11.3 Å². The standard InChI is InChI=1S/C8H8F2O2/c1-12-7-3-2-6(9)5(4-11)8(7)10/h2-3,11H,4H2,1H3. The Labute approximate surface area is 68.4 Å². The van der Waals surface area contributed by atoms with Gasteiger partial charge in [0, 0.05) is 0 Å². The molecule has 0 amide bonds. The molecule has 0 atom stereocenters. The van der Waals surface area contributed by atoms with E-state index in [1.807, 2.05) is 0 Å². The highest BCUT2D eigenvalue weighted by Crippen LogP contribution is 2.22. The Bertz CT molecular complexity index is 287. The van der Waals surface area contributed by atoms with Crippen molar-refractivity contribution >= 4 is 0 Å². The number of benzene rings is 1. The summed E-state index contributed by atoms with van der Waals surface area (Å²) in [5, 5.41) is 8.58. The molecule has 66 valence electrons.